The highest BCUT2D eigenvalue weighted by atomic mass is 35.5. The van der Waals surface area contributed by atoms with Gasteiger partial charge in [-0.2, -0.15) is 0 Å². The Labute approximate surface area is 131 Å². The molecule has 0 radical (unpaired) electrons. The SMILES string of the molecule is CC(Nc1c(Cl)ccc2scnc12)c1ccc(Cl)cc1. The molecule has 1 unspecified atom stereocenters. The monoisotopic (exact) mass is 322 g/mol. The van der Waals surface area contributed by atoms with E-state index in [1.54, 1.807) is 11.3 Å². The van der Waals surface area contributed by atoms with Crippen LogP contribution in [0.4, 0.5) is 5.69 Å². The van der Waals surface area contributed by atoms with Gasteiger partial charge in [0.05, 0.1) is 20.9 Å². The molecule has 2 nitrogen and oxygen atoms in total. The van der Waals surface area contributed by atoms with Gasteiger partial charge in [0.15, 0.2) is 0 Å². The highest BCUT2D eigenvalue weighted by molar-refractivity contribution is 7.16. The molecule has 2 aromatic carbocycles. The summed E-state index contributed by atoms with van der Waals surface area (Å²) in [6, 6.07) is 11.8. The first-order chi connectivity index (χ1) is 9.65. The van der Waals surface area contributed by atoms with Crippen LogP contribution in [0.25, 0.3) is 10.2 Å². The van der Waals surface area contributed by atoms with Gasteiger partial charge in [-0.3, -0.25) is 0 Å². The molecule has 3 aromatic rings. The number of anilines is 1. The molecule has 0 spiro atoms. The predicted molar refractivity (Wildman–Crippen MR) is 88.1 cm³/mol. The van der Waals surface area contributed by atoms with Crippen molar-refractivity contribution in [3.63, 3.8) is 0 Å². The van der Waals surface area contributed by atoms with E-state index in [2.05, 4.69) is 17.2 Å². The lowest BCUT2D eigenvalue weighted by atomic mass is 10.1. The standard InChI is InChI=1S/C15H12Cl2N2S/c1-9(10-2-4-11(16)5-3-10)19-14-12(17)6-7-13-15(14)18-8-20-13/h2-9,19H,1H3. The molecule has 0 amide bonds. The molecule has 1 N–H and O–H groups in total. The van der Waals surface area contributed by atoms with Crippen LogP contribution in [0.3, 0.4) is 0 Å². The third kappa shape index (κ3) is 2.62. The number of nitrogens with zero attached hydrogens (tertiary/aromatic N) is 1. The van der Waals surface area contributed by atoms with Gasteiger partial charge >= 0.3 is 0 Å². The van der Waals surface area contributed by atoms with Gasteiger partial charge in [0, 0.05) is 11.1 Å². The molecule has 0 aliphatic heterocycles. The van der Waals surface area contributed by atoms with Crippen LogP contribution < -0.4 is 5.32 Å². The fourth-order valence-electron chi connectivity index (χ4n) is 2.10. The second-order valence-corrected chi connectivity index (χ2v) is 6.27. The zero-order chi connectivity index (χ0) is 14.1. The van der Waals surface area contributed by atoms with Gasteiger partial charge in [-0.25, -0.2) is 4.98 Å². The summed E-state index contributed by atoms with van der Waals surface area (Å²) in [4.78, 5) is 4.39. The Morgan fingerprint density at radius 3 is 2.60 bits per heavy atom. The van der Waals surface area contributed by atoms with Gasteiger partial charge in [0.2, 0.25) is 0 Å². The lowest BCUT2D eigenvalue weighted by molar-refractivity contribution is 0.886. The highest BCUT2D eigenvalue weighted by Crippen LogP contribution is 2.34. The molecule has 0 aliphatic carbocycles. The van der Waals surface area contributed by atoms with Crippen LogP contribution in [0, 0.1) is 0 Å². The number of thiazole rings is 1. The molecule has 1 aromatic heterocycles. The van der Waals surface area contributed by atoms with Crippen molar-refractivity contribution in [2.45, 2.75) is 13.0 Å². The van der Waals surface area contributed by atoms with Crippen molar-refractivity contribution in [1.82, 2.24) is 4.98 Å². The van der Waals surface area contributed by atoms with Crippen molar-refractivity contribution in [1.29, 1.82) is 0 Å². The van der Waals surface area contributed by atoms with E-state index in [-0.39, 0.29) is 6.04 Å². The summed E-state index contributed by atoms with van der Waals surface area (Å²) < 4.78 is 1.13. The number of rotatable bonds is 3. The van der Waals surface area contributed by atoms with E-state index in [4.69, 9.17) is 23.2 Å². The fraction of sp³-hybridized carbons (Fsp3) is 0.133. The Morgan fingerprint density at radius 1 is 1.10 bits per heavy atom. The van der Waals surface area contributed by atoms with Gasteiger partial charge < -0.3 is 5.32 Å². The number of hydrogen-bond acceptors (Lipinski definition) is 3. The first-order valence-electron chi connectivity index (χ1n) is 6.19. The third-order valence-corrected chi connectivity index (χ3v) is 4.54. The number of hydrogen-bond donors (Lipinski definition) is 1. The van der Waals surface area contributed by atoms with Crippen LogP contribution >= 0.6 is 34.5 Å². The zero-order valence-corrected chi connectivity index (χ0v) is 13.1. The number of aromatic nitrogens is 1. The Balaban J connectivity index is 1.94. The van der Waals surface area contributed by atoms with Crippen LogP contribution in [-0.4, -0.2) is 4.98 Å². The van der Waals surface area contributed by atoms with Crippen LogP contribution in [0.5, 0.6) is 0 Å². The number of halogens is 2. The summed E-state index contributed by atoms with van der Waals surface area (Å²) in [5, 5.41) is 4.87. The molecule has 1 heterocycles. The van der Waals surface area contributed by atoms with E-state index >= 15 is 0 Å². The molecular formula is C15H12Cl2N2S. The topological polar surface area (TPSA) is 24.9 Å². The molecule has 5 heteroatoms. The average molecular weight is 323 g/mol. The molecule has 1 atom stereocenters. The van der Waals surface area contributed by atoms with Crippen molar-refractivity contribution >= 4 is 50.4 Å². The molecular weight excluding hydrogens is 311 g/mol. The second kappa shape index (κ2) is 5.60. The van der Waals surface area contributed by atoms with E-state index in [0.717, 1.165) is 26.5 Å². The Hall–Kier alpha value is -1.29. The molecule has 0 saturated heterocycles. The highest BCUT2D eigenvalue weighted by Gasteiger charge is 2.12. The maximum atomic E-state index is 6.30. The first kappa shape index (κ1) is 13.7. The van der Waals surface area contributed by atoms with E-state index in [1.165, 1.54) is 0 Å². The maximum Gasteiger partial charge on any atom is 0.106 e. The summed E-state index contributed by atoms with van der Waals surface area (Å²) in [7, 11) is 0. The smallest absolute Gasteiger partial charge is 0.106 e. The van der Waals surface area contributed by atoms with E-state index in [9.17, 15) is 0 Å². The lowest BCUT2D eigenvalue weighted by Crippen LogP contribution is -2.07. The van der Waals surface area contributed by atoms with Crippen molar-refractivity contribution in [3.8, 4) is 0 Å². The third-order valence-electron chi connectivity index (χ3n) is 3.18. The minimum Gasteiger partial charge on any atom is -0.376 e. The summed E-state index contributed by atoms with van der Waals surface area (Å²) >= 11 is 13.8. The molecule has 0 fully saturated rings. The van der Waals surface area contributed by atoms with Crippen LogP contribution in [0.15, 0.2) is 41.9 Å². The molecule has 3 rings (SSSR count). The Morgan fingerprint density at radius 2 is 1.85 bits per heavy atom. The summed E-state index contributed by atoms with van der Waals surface area (Å²) in [6.07, 6.45) is 0. The minimum atomic E-state index is 0.122. The van der Waals surface area contributed by atoms with E-state index in [0.29, 0.717) is 5.02 Å². The molecule has 0 aliphatic rings. The number of fused-ring (bicyclic) bond motifs is 1. The van der Waals surface area contributed by atoms with Crippen LogP contribution in [0.1, 0.15) is 18.5 Å². The van der Waals surface area contributed by atoms with Gasteiger partial charge in [-0.05, 0) is 36.8 Å². The van der Waals surface area contributed by atoms with Crippen LogP contribution in [-0.2, 0) is 0 Å². The lowest BCUT2D eigenvalue weighted by Gasteiger charge is -2.17. The fourth-order valence-corrected chi connectivity index (χ4v) is 3.11. The first-order valence-corrected chi connectivity index (χ1v) is 7.82. The van der Waals surface area contributed by atoms with Gasteiger partial charge in [-0.1, -0.05) is 35.3 Å². The van der Waals surface area contributed by atoms with E-state index in [1.807, 2.05) is 41.9 Å². The largest absolute Gasteiger partial charge is 0.376 e. The average Bonchev–Trinajstić information content (AvgIpc) is 2.91. The summed E-state index contributed by atoms with van der Waals surface area (Å²) in [5.74, 6) is 0. The van der Waals surface area contributed by atoms with Crippen molar-refractivity contribution in [2.24, 2.45) is 0 Å². The predicted octanol–water partition coefficient (Wildman–Crippen LogP) is 5.78. The quantitative estimate of drug-likeness (QED) is 0.661. The number of nitrogens with one attached hydrogen (secondary N) is 1. The molecule has 20 heavy (non-hydrogen) atoms. The van der Waals surface area contributed by atoms with Gasteiger partial charge in [-0.15, -0.1) is 11.3 Å². The zero-order valence-electron chi connectivity index (χ0n) is 10.7. The van der Waals surface area contributed by atoms with Gasteiger partial charge in [0.1, 0.15) is 5.52 Å². The van der Waals surface area contributed by atoms with Crippen molar-refractivity contribution in [2.75, 3.05) is 5.32 Å². The summed E-state index contributed by atoms with van der Waals surface area (Å²) in [5.41, 5.74) is 4.79. The van der Waals surface area contributed by atoms with E-state index < -0.39 is 0 Å². The van der Waals surface area contributed by atoms with Gasteiger partial charge in [0.25, 0.3) is 0 Å². The number of benzene rings is 2. The van der Waals surface area contributed by atoms with Crippen molar-refractivity contribution in [3.05, 3.63) is 57.5 Å². The molecule has 102 valence electrons. The molecule has 0 saturated carbocycles. The second-order valence-electron chi connectivity index (χ2n) is 4.54. The maximum absolute atomic E-state index is 6.30. The Bertz CT molecular complexity index is 737. The Kier molecular flexibility index (Phi) is 3.83. The van der Waals surface area contributed by atoms with Crippen molar-refractivity contribution < 1.29 is 0 Å². The van der Waals surface area contributed by atoms with Crippen LogP contribution in [0.2, 0.25) is 10.0 Å². The molecule has 0 bridgehead atoms. The normalized spacial score (nSPS) is 12.6. The summed E-state index contributed by atoms with van der Waals surface area (Å²) in [6.45, 7) is 2.09. The minimum absolute atomic E-state index is 0.122.